The first-order chi connectivity index (χ1) is 12.2. The van der Waals surface area contributed by atoms with E-state index >= 15 is 0 Å². The van der Waals surface area contributed by atoms with Crippen LogP contribution in [0, 0.1) is 0 Å². The third-order valence-electron chi connectivity index (χ3n) is 7.33. The maximum atomic E-state index is 6.43. The Hall–Kier alpha value is -0.980. The van der Waals surface area contributed by atoms with Gasteiger partial charge >= 0.3 is 0 Å². The minimum Gasteiger partial charge on any atom is -0.378 e. The van der Waals surface area contributed by atoms with Gasteiger partial charge < -0.3 is 14.2 Å². The molecule has 1 aromatic heterocycles. The lowest BCUT2D eigenvalue weighted by molar-refractivity contribution is -0.133. The minimum atomic E-state index is -0.0278. The molecule has 0 amide bonds. The highest BCUT2D eigenvalue weighted by atomic mass is 16.6. The van der Waals surface area contributed by atoms with Gasteiger partial charge in [0.2, 0.25) is 0 Å². The highest BCUT2D eigenvalue weighted by Gasteiger charge is 2.56. The molecule has 2 aliphatic carbocycles. The Labute approximate surface area is 149 Å². The molecule has 3 heterocycles. The lowest BCUT2D eigenvalue weighted by atomic mass is 9.81. The third kappa shape index (κ3) is 2.64. The Balaban J connectivity index is 1.28. The fourth-order valence-electron chi connectivity index (χ4n) is 5.75. The number of aromatic nitrogens is 3. The molecule has 2 saturated heterocycles. The third-order valence-corrected chi connectivity index (χ3v) is 7.33. The largest absolute Gasteiger partial charge is 0.378 e. The second-order valence-corrected chi connectivity index (χ2v) is 8.79. The highest BCUT2D eigenvalue weighted by molar-refractivity contribution is 5.23. The summed E-state index contributed by atoms with van der Waals surface area (Å²) in [4.78, 5) is 0. The number of hydrogen-bond acceptors (Lipinski definition) is 5. The van der Waals surface area contributed by atoms with E-state index in [9.17, 15) is 0 Å². The first-order valence-corrected chi connectivity index (χ1v) is 9.86. The fourth-order valence-corrected chi connectivity index (χ4v) is 5.75. The first kappa shape index (κ1) is 16.2. The van der Waals surface area contributed by atoms with Crippen LogP contribution in [0.5, 0.6) is 0 Å². The van der Waals surface area contributed by atoms with Crippen LogP contribution in [0.25, 0.3) is 0 Å². The Bertz CT molecular complexity index is 630. The van der Waals surface area contributed by atoms with Crippen LogP contribution < -0.4 is 0 Å². The molecule has 0 radical (unpaired) electrons. The SMILES string of the molecule is COC12CCC(c3cn(CC4CCCC5(CCOC5)O4)nn3)(CC1)C2. The van der Waals surface area contributed by atoms with Crippen LogP contribution in [0.3, 0.4) is 0 Å². The van der Waals surface area contributed by atoms with Crippen molar-refractivity contribution in [2.24, 2.45) is 0 Å². The Morgan fingerprint density at radius 2 is 2.12 bits per heavy atom. The minimum absolute atomic E-state index is 0.0278. The number of rotatable bonds is 4. The first-order valence-electron chi connectivity index (χ1n) is 9.86. The molecular formula is C19H29N3O3. The zero-order valence-electron chi connectivity index (χ0n) is 15.2. The van der Waals surface area contributed by atoms with Gasteiger partial charge in [0.15, 0.2) is 0 Å². The van der Waals surface area contributed by atoms with Crippen LogP contribution in [-0.4, -0.2) is 52.6 Å². The maximum absolute atomic E-state index is 6.43. The highest BCUT2D eigenvalue weighted by Crippen LogP contribution is 2.58. The molecule has 1 aromatic rings. The molecule has 25 heavy (non-hydrogen) atoms. The molecule has 6 nitrogen and oxygen atoms in total. The van der Waals surface area contributed by atoms with Crippen LogP contribution in [0.4, 0.5) is 0 Å². The average Bonchev–Trinajstić information content (AvgIpc) is 3.39. The van der Waals surface area contributed by atoms with Crippen molar-refractivity contribution in [2.45, 2.75) is 87.1 Å². The number of nitrogens with zero attached hydrogens (tertiary/aromatic N) is 3. The van der Waals surface area contributed by atoms with Crippen LogP contribution >= 0.6 is 0 Å². The summed E-state index contributed by atoms with van der Waals surface area (Å²) >= 11 is 0. The van der Waals surface area contributed by atoms with Gasteiger partial charge in [-0.15, -0.1) is 5.10 Å². The number of fused-ring (bicyclic) bond motifs is 2. The summed E-state index contributed by atoms with van der Waals surface area (Å²) < 4.78 is 19.9. The molecular weight excluding hydrogens is 318 g/mol. The van der Waals surface area contributed by atoms with Crippen molar-refractivity contribution >= 4 is 0 Å². The van der Waals surface area contributed by atoms with E-state index in [0.29, 0.717) is 0 Å². The molecule has 138 valence electrons. The standard InChI is InChI=1S/C19H29N3O3/c1-23-18-7-5-17(13-18,6-8-18)16-12-22(21-20-16)11-15-3-2-4-19(25-15)9-10-24-14-19/h12,15H,2-11,13-14H2,1H3. The van der Waals surface area contributed by atoms with E-state index in [0.717, 1.165) is 58.3 Å². The van der Waals surface area contributed by atoms with Gasteiger partial charge in [-0.05, 0) is 51.4 Å². The lowest BCUT2D eigenvalue weighted by Crippen LogP contribution is -2.42. The summed E-state index contributed by atoms with van der Waals surface area (Å²) in [6.07, 6.45) is 12.7. The lowest BCUT2D eigenvalue weighted by Gasteiger charge is -2.37. The van der Waals surface area contributed by atoms with Crippen molar-refractivity contribution in [1.82, 2.24) is 15.0 Å². The summed E-state index contributed by atoms with van der Waals surface area (Å²) in [6, 6.07) is 0. The Morgan fingerprint density at radius 1 is 1.24 bits per heavy atom. The Morgan fingerprint density at radius 3 is 2.84 bits per heavy atom. The van der Waals surface area contributed by atoms with Gasteiger partial charge in [0, 0.05) is 31.7 Å². The van der Waals surface area contributed by atoms with Crippen molar-refractivity contribution in [3.8, 4) is 0 Å². The molecule has 2 aliphatic heterocycles. The topological polar surface area (TPSA) is 58.4 Å². The van der Waals surface area contributed by atoms with Gasteiger partial charge in [-0.3, -0.25) is 0 Å². The molecule has 4 fully saturated rings. The molecule has 1 spiro atoms. The predicted molar refractivity (Wildman–Crippen MR) is 91.4 cm³/mol. The van der Waals surface area contributed by atoms with E-state index < -0.39 is 0 Å². The maximum Gasteiger partial charge on any atom is 0.0941 e. The van der Waals surface area contributed by atoms with Crippen molar-refractivity contribution in [2.75, 3.05) is 20.3 Å². The van der Waals surface area contributed by atoms with E-state index in [4.69, 9.17) is 14.2 Å². The summed E-state index contributed by atoms with van der Waals surface area (Å²) in [5, 5.41) is 9.01. The Kier molecular flexibility index (Phi) is 3.74. The summed E-state index contributed by atoms with van der Waals surface area (Å²) in [5.74, 6) is 0. The van der Waals surface area contributed by atoms with E-state index in [1.807, 2.05) is 11.8 Å². The number of methoxy groups -OCH3 is 1. The van der Waals surface area contributed by atoms with Gasteiger partial charge in [-0.2, -0.15) is 0 Å². The molecule has 6 heteroatoms. The monoisotopic (exact) mass is 347 g/mol. The van der Waals surface area contributed by atoms with Crippen molar-refractivity contribution in [3.05, 3.63) is 11.9 Å². The fraction of sp³-hybridized carbons (Fsp3) is 0.895. The van der Waals surface area contributed by atoms with Crippen molar-refractivity contribution in [1.29, 1.82) is 0 Å². The van der Waals surface area contributed by atoms with Crippen LogP contribution in [0.2, 0.25) is 0 Å². The van der Waals surface area contributed by atoms with Gasteiger partial charge in [0.1, 0.15) is 0 Å². The smallest absolute Gasteiger partial charge is 0.0941 e. The van der Waals surface area contributed by atoms with Crippen molar-refractivity contribution in [3.63, 3.8) is 0 Å². The van der Waals surface area contributed by atoms with Crippen LogP contribution in [-0.2, 0) is 26.2 Å². The zero-order valence-corrected chi connectivity index (χ0v) is 15.2. The van der Waals surface area contributed by atoms with E-state index in [1.165, 1.54) is 25.0 Å². The molecule has 0 aromatic carbocycles. The van der Waals surface area contributed by atoms with E-state index in [1.54, 1.807) is 0 Å². The number of hydrogen-bond donors (Lipinski definition) is 0. The predicted octanol–water partition coefficient (Wildman–Crippen LogP) is 2.61. The zero-order chi connectivity index (χ0) is 17.0. The van der Waals surface area contributed by atoms with Crippen LogP contribution in [0.15, 0.2) is 6.20 Å². The van der Waals surface area contributed by atoms with Crippen molar-refractivity contribution < 1.29 is 14.2 Å². The quantitative estimate of drug-likeness (QED) is 0.838. The summed E-state index contributed by atoms with van der Waals surface area (Å²) in [6.45, 7) is 2.40. The van der Waals surface area contributed by atoms with Crippen LogP contribution in [0.1, 0.15) is 63.5 Å². The molecule has 2 unspecified atom stereocenters. The summed E-state index contributed by atoms with van der Waals surface area (Å²) in [5.41, 5.74) is 1.44. The second kappa shape index (κ2) is 5.76. The molecule has 0 N–H and O–H groups in total. The molecule has 4 aliphatic rings. The van der Waals surface area contributed by atoms with E-state index in [-0.39, 0.29) is 22.7 Å². The van der Waals surface area contributed by atoms with Gasteiger partial charge in [0.05, 0.1) is 36.2 Å². The molecule has 5 rings (SSSR count). The molecule has 2 saturated carbocycles. The van der Waals surface area contributed by atoms with Gasteiger partial charge in [0.25, 0.3) is 0 Å². The molecule has 2 bridgehead atoms. The summed E-state index contributed by atoms with van der Waals surface area (Å²) in [7, 11) is 1.86. The van der Waals surface area contributed by atoms with Gasteiger partial charge in [-0.1, -0.05) is 5.21 Å². The number of ether oxygens (including phenoxy) is 3. The average molecular weight is 347 g/mol. The van der Waals surface area contributed by atoms with Gasteiger partial charge in [-0.25, -0.2) is 4.68 Å². The second-order valence-electron chi connectivity index (χ2n) is 8.79. The van der Waals surface area contributed by atoms with E-state index in [2.05, 4.69) is 16.5 Å². The molecule has 2 atom stereocenters. The normalized spacial score (nSPS) is 43.3.